The van der Waals surface area contributed by atoms with E-state index < -0.39 is 0 Å². The Labute approximate surface area is 147 Å². The Morgan fingerprint density at radius 2 is 1.39 bits per heavy atom. The predicted molar refractivity (Wildman–Crippen MR) is 106 cm³/mol. The fourth-order valence-corrected chi connectivity index (χ4v) is 3.14. The normalized spacial score (nSPS) is 12.5. The van der Waals surface area contributed by atoms with Crippen molar-refractivity contribution >= 4 is 12.6 Å². The minimum Gasteiger partial charge on any atom is -0.143 e. The predicted octanol–water partition coefficient (Wildman–Crippen LogP) is 7.02. The summed E-state index contributed by atoms with van der Waals surface area (Å²) in [5, 5.41) is 0. The lowest BCUT2D eigenvalue weighted by Crippen LogP contribution is -2.21. The Kier molecular flexibility index (Phi) is 5.30. The third-order valence-electron chi connectivity index (χ3n) is 5.49. The van der Waals surface area contributed by atoms with Crippen LogP contribution in [0.15, 0.2) is 47.4 Å². The molecule has 124 valence electrons. The second-order valence-electron chi connectivity index (χ2n) is 7.75. The van der Waals surface area contributed by atoms with E-state index in [9.17, 15) is 0 Å². The minimum atomic E-state index is 0.144. The molecule has 0 nitrogen and oxygen atoms in total. The van der Waals surface area contributed by atoms with Gasteiger partial charge in [0.2, 0.25) is 0 Å². The van der Waals surface area contributed by atoms with Crippen molar-refractivity contribution in [2.45, 2.75) is 70.1 Å². The number of thiol groups is 1. The van der Waals surface area contributed by atoms with Crippen LogP contribution in [0.5, 0.6) is 0 Å². The van der Waals surface area contributed by atoms with Gasteiger partial charge in [-0.15, -0.1) is 12.6 Å². The molecule has 0 amide bonds. The first-order valence-corrected chi connectivity index (χ1v) is 9.11. The third kappa shape index (κ3) is 3.66. The van der Waals surface area contributed by atoms with Crippen LogP contribution in [0.2, 0.25) is 0 Å². The summed E-state index contributed by atoms with van der Waals surface area (Å²) in [4.78, 5) is 1.04. The van der Waals surface area contributed by atoms with Gasteiger partial charge < -0.3 is 0 Å². The smallest absolute Gasteiger partial charge is 0.0119 e. The van der Waals surface area contributed by atoms with Crippen LogP contribution in [0.3, 0.4) is 0 Å². The van der Waals surface area contributed by atoms with Gasteiger partial charge in [-0.1, -0.05) is 77.9 Å². The van der Waals surface area contributed by atoms with E-state index in [-0.39, 0.29) is 10.8 Å². The van der Waals surface area contributed by atoms with E-state index in [1.165, 1.54) is 22.3 Å². The summed E-state index contributed by atoms with van der Waals surface area (Å²) in [7, 11) is 0. The van der Waals surface area contributed by atoms with E-state index in [1.807, 2.05) is 6.07 Å². The maximum Gasteiger partial charge on any atom is 0.0119 e. The van der Waals surface area contributed by atoms with E-state index in [1.54, 1.807) is 0 Å². The van der Waals surface area contributed by atoms with Crippen LogP contribution in [0.25, 0.3) is 11.1 Å². The van der Waals surface area contributed by atoms with Crippen LogP contribution in [-0.2, 0) is 10.8 Å². The fourth-order valence-electron chi connectivity index (χ4n) is 2.86. The Morgan fingerprint density at radius 1 is 0.783 bits per heavy atom. The first kappa shape index (κ1) is 18.1. The molecule has 23 heavy (non-hydrogen) atoms. The summed E-state index contributed by atoms with van der Waals surface area (Å²) in [6, 6.07) is 15.4. The van der Waals surface area contributed by atoms with Crippen molar-refractivity contribution in [2.24, 2.45) is 0 Å². The molecule has 0 N–H and O–H groups in total. The van der Waals surface area contributed by atoms with Gasteiger partial charge in [0.1, 0.15) is 0 Å². The minimum absolute atomic E-state index is 0.144. The molecule has 0 aliphatic rings. The molecule has 0 unspecified atom stereocenters. The maximum atomic E-state index is 4.68. The van der Waals surface area contributed by atoms with Crippen molar-refractivity contribution in [3.05, 3.63) is 53.6 Å². The molecule has 0 saturated heterocycles. The zero-order chi connectivity index (χ0) is 17.3. The van der Waals surface area contributed by atoms with Gasteiger partial charge in [-0.25, -0.2) is 0 Å². The van der Waals surface area contributed by atoms with Crippen LogP contribution in [0, 0.1) is 0 Å². The molecule has 0 heterocycles. The molecule has 0 saturated carbocycles. The third-order valence-corrected chi connectivity index (χ3v) is 5.88. The summed E-state index contributed by atoms with van der Waals surface area (Å²) in [5.74, 6) is 0. The molecular formula is C22H30S. The Balaban J connectivity index is 2.71. The molecule has 0 fully saturated rings. The first-order valence-electron chi connectivity index (χ1n) is 8.66. The lowest BCUT2D eigenvalue weighted by molar-refractivity contribution is 0.489. The van der Waals surface area contributed by atoms with E-state index >= 15 is 0 Å². The molecule has 1 heteroatoms. The van der Waals surface area contributed by atoms with Gasteiger partial charge in [0.15, 0.2) is 0 Å². The van der Waals surface area contributed by atoms with Gasteiger partial charge in [0.05, 0.1) is 0 Å². The molecule has 0 atom stereocenters. The Bertz CT molecular complexity index is 680. The second kappa shape index (κ2) is 6.73. The summed E-state index contributed by atoms with van der Waals surface area (Å²) < 4.78 is 0. The first-order chi connectivity index (χ1) is 10.7. The molecular weight excluding hydrogens is 296 g/mol. The standard InChI is InChI=1S/C22H30S/c1-7-21(3,4)16-13-14-17(18-11-9-10-12-20(18)23)19(15-16)22(5,6)8-2/h9-15,23H,7-8H2,1-6H3. The molecule has 2 aromatic carbocycles. The fraction of sp³-hybridized carbons (Fsp3) is 0.455. The largest absolute Gasteiger partial charge is 0.143 e. The zero-order valence-electron chi connectivity index (χ0n) is 15.4. The SMILES string of the molecule is CCC(C)(C)c1ccc(-c2ccccc2S)c(C(C)(C)CC)c1. The summed E-state index contributed by atoms with van der Waals surface area (Å²) >= 11 is 4.68. The highest BCUT2D eigenvalue weighted by atomic mass is 32.1. The highest BCUT2D eigenvalue weighted by molar-refractivity contribution is 7.80. The van der Waals surface area contributed by atoms with Gasteiger partial charge >= 0.3 is 0 Å². The number of hydrogen-bond acceptors (Lipinski definition) is 1. The molecule has 2 rings (SSSR count). The van der Waals surface area contributed by atoms with E-state index in [0.29, 0.717) is 0 Å². The van der Waals surface area contributed by atoms with Crippen LogP contribution >= 0.6 is 12.6 Å². The topological polar surface area (TPSA) is 0 Å². The van der Waals surface area contributed by atoms with Gasteiger partial charge in [-0.3, -0.25) is 0 Å². The molecule has 0 spiro atoms. The van der Waals surface area contributed by atoms with Crippen molar-refractivity contribution in [3.63, 3.8) is 0 Å². The quantitative estimate of drug-likeness (QED) is 0.561. The lowest BCUT2D eigenvalue weighted by atomic mass is 9.74. The highest BCUT2D eigenvalue weighted by Gasteiger charge is 2.26. The molecule has 2 aromatic rings. The van der Waals surface area contributed by atoms with Crippen molar-refractivity contribution in [2.75, 3.05) is 0 Å². The summed E-state index contributed by atoms with van der Waals surface area (Å²) in [5.41, 5.74) is 5.76. The van der Waals surface area contributed by atoms with Crippen LogP contribution in [0.4, 0.5) is 0 Å². The van der Waals surface area contributed by atoms with Crippen LogP contribution in [-0.4, -0.2) is 0 Å². The number of benzene rings is 2. The van der Waals surface area contributed by atoms with Crippen LogP contribution in [0.1, 0.15) is 65.5 Å². The summed E-state index contributed by atoms with van der Waals surface area (Å²) in [6.45, 7) is 13.9. The monoisotopic (exact) mass is 326 g/mol. The highest BCUT2D eigenvalue weighted by Crippen LogP contribution is 2.40. The average Bonchev–Trinajstić information content (AvgIpc) is 2.54. The van der Waals surface area contributed by atoms with E-state index in [2.05, 4.69) is 90.6 Å². The Hall–Kier alpha value is -1.21. The zero-order valence-corrected chi connectivity index (χ0v) is 16.3. The number of rotatable bonds is 5. The van der Waals surface area contributed by atoms with Crippen molar-refractivity contribution in [1.82, 2.24) is 0 Å². The van der Waals surface area contributed by atoms with Gasteiger partial charge in [-0.05, 0) is 52.0 Å². The second-order valence-corrected chi connectivity index (χ2v) is 8.23. The van der Waals surface area contributed by atoms with Gasteiger partial charge in [0.25, 0.3) is 0 Å². The van der Waals surface area contributed by atoms with Gasteiger partial charge in [0, 0.05) is 4.90 Å². The van der Waals surface area contributed by atoms with E-state index in [0.717, 1.165) is 17.7 Å². The van der Waals surface area contributed by atoms with Crippen molar-refractivity contribution in [1.29, 1.82) is 0 Å². The van der Waals surface area contributed by atoms with Crippen molar-refractivity contribution in [3.8, 4) is 11.1 Å². The number of hydrogen-bond donors (Lipinski definition) is 1. The molecule has 0 aromatic heterocycles. The molecule has 0 aliphatic heterocycles. The molecule has 0 aliphatic carbocycles. The van der Waals surface area contributed by atoms with E-state index in [4.69, 9.17) is 0 Å². The lowest BCUT2D eigenvalue weighted by Gasteiger charge is -2.31. The average molecular weight is 327 g/mol. The van der Waals surface area contributed by atoms with Crippen LogP contribution < -0.4 is 0 Å². The molecule has 0 bridgehead atoms. The summed E-state index contributed by atoms with van der Waals surface area (Å²) in [6.07, 6.45) is 2.26. The van der Waals surface area contributed by atoms with Gasteiger partial charge in [-0.2, -0.15) is 0 Å². The Morgan fingerprint density at radius 3 is 1.96 bits per heavy atom. The molecule has 0 radical (unpaired) electrons. The maximum absolute atomic E-state index is 4.68. The van der Waals surface area contributed by atoms with Crippen molar-refractivity contribution < 1.29 is 0 Å².